The van der Waals surface area contributed by atoms with Crippen LogP contribution in [0.2, 0.25) is 0 Å². The lowest BCUT2D eigenvalue weighted by Crippen LogP contribution is -2.38. The number of aliphatic hydroxyl groups excluding tert-OH is 1. The molecule has 0 radical (unpaired) electrons. The molecular formula is C42H37N3O6S. The molecule has 1 fully saturated rings. The van der Waals surface area contributed by atoms with Crippen molar-refractivity contribution in [2.24, 2.45) is 5.92 Å². The molecule has 0 spiro atoms. The molecule has 0 aliphatic carbocycles. The molecule has 7 rings (SSSR count). The number of aromatic nitrogens is 2. The van der Waals surface area contributed by atoms with Gasteiger partial charge in [0.25, 0.3) is 5.91 Å². The van der Waals surface area contributed by atoms with Crippen LogP contribution in [0.4, 0.5) is 0 Å². The zero-order valence-corrected chi connectivity index (χ0v) is 29.2. The second-order valence-electron chi connectivity index (χ2n) is 12.7. The maximum absolute atomic E-state index is 12.9. The molecule has 4 atom stereocenters. The fourth-order valence-corrected chi connectivity index (χ4v) is 7.50. The van der Waals surface area contributed by atoms with Crippen LogP contribution >= 0.6 is 11.8 Å². The van der Waals surface area contributed by atoms with E-state index in [9.17, 15) is 19.8 Å². The van der Waals surface area contributed by atoms with Crippen LogP contribution in [0.1, 0.15) is 62.4 Å². The van der Waals surface area contributed by atoms with Gasteiger partial charge in [-0.25, -0.2) is 9.78 Å². The van der Waals surface area contributed by atoms with Gasteiger partial charge in [0.2, 0.25) is 0 Å². The van der Waals surface area contributed by atoms with Crippen LogP contribution in [-0.4, -0.2) is 43.9 Å². The predicted octanol–water partition coefficient (Wildman–Crippen LogP) is 8.00. The Kier molecular flexibility index (Phi) is 10.7. The van der Waals surface area contributed by atoms with Gasteiger partial charge >= 0.3 is 5.97 Å². The summed E-state index contributed by atoms with van der Waals surface area (Å²) in [6.45, 7) is 2.38. The molecule has 6 aromatic rings. The van der Waals surface area contributed by atoms with Gasteiger partial charge in [0.05, 0.1) is 41.6 Å². The zero-order valence-electron chi connectivity index (χ0n) is 28.4. The van der Waals surface area contributed by atoms with E-state index in [0.29, 0.717) is 22.7 Å². The number of hydrogen-bond acceptors (Lipinski definition) is 8. The summed E-state index contributed by atoms with van der Waals surface area (Å²) in [5.41, 5.74) is 7.52. The van der Waals surface area contributed by atoms with Gasteiger partial charge in [-0.1, -0.05) is 97.9 Å². The first-order valence-corrected chi connectivity index (χ1v) is 18.0. The molecule has 1 saturated heterocycles. The van der Waals surface area contributed by atoms with E-state index in [0.717, 1.165) is 38.9 Å². The predicted molar refractivity (Wildman–Crippen MR) is 200 cm³/mol. The maximum atomic E-state index is 12.9. The Morgan fingerprint density at radius 3 is 2.29 bits per heavy atom. The molecular weight excluding hydrogens is 675 g/mol. The van der Waals surface area contributed by atoms with Crippen molar-refractivity contribution in [3.8, 4) is 11.1 Å². The lowest BCUT2D eigenvalue weighted by Gasteiger charge is -2.41. The highest BCUT2D eigenvalue weighted by molar-refractivity contribution is 7.99. The molecule has 52 heavy (non-hydrogen) atoms. The Bertz CT molecular complexity index is 2190. The Balaban J connectivity index is 1.07. The van der Waals surface area contributed by atoms with Crippen molar-refractivity contribution in [2.45, 2.75) is 43.5 Å². The summed E-state index contributed by atoms with van der Waals surface area (Å²) in [4.78, 5) is 34.2. The number of fused-ring (bicyclic) bond motifs is 1. The van der Waals surface area contributed by atoms with E-state index >= 15 is 0 Å². The van der Waals surface area contributed by atoms with Gasteiger partial charge < -0.3 is 25.0 Å². The number of benzene rings is 5. The SMILES string of the molecule is C[C@@H]1[C@H](CSc2ccccc2C(=O)O)O[C@H](c2ccc(-c3cccc(CNC(=O)c4cnc5ccccc5n4)c3)cc2)O[C@@H]1c1ccc(CO)cc1. The quantitative estimate of drug-likeness (QED) is 0.114. The van der Waals surface area contributed by atoms with Crippen LogP contribution in [0, 0.1) is 5.92 Å². The third-order valence-electron chi connectivity index (χ3n) is 9.22. The molecule has 0 bridgehead atoms. The van der Waals surface area contributed by atoms with E-state index in [2.05, 4.69) is 22.2 Å². The highest BCUT2D eigenvalue weighted by Crippen LogP contribution is 2.43. The first-order valence-electron chi connectivity index (χ1n) is 17.0. The number of para-hydroxylation sites is 2. The van der Waals surface area contributed by atoms with Crippen molar-refractivity contribution in [3.05, 3.63) is 161 Å². The summed E-state index contributed by atoms with van der Waals surface area (Å²) >= 11 is 1.46. The van der Waals surface area contributed by atoms with E-state index in [4.69, 9.17) is 9.47 Å². The molecule has 1 aliphatic rings. The Labute approximate surface area is 305 Å². The van der Waals surface area contributed by atoms with Gasteiger partial charge in [-0.05, 0) is 58.1 Å². The molecule has 1 aromatic heterocycles. The first-order chi connectivity index (χ1) is 25.4. The molecule has 0 unspecified atom stereocenters. The smallest absolute Gasteiger partial charge is 0.336 e. The maximum Gasteiger partial charge on any atom is 0.336 e. The van der Waals surface area contributed by atoms with Gasteiger partial charge in [-0.2, -0.15) is 0 Å². The minimum Gasteiger partial charge on any atom is -0.478 e. The van der Waals surface area contributed by atoms with Crippen molar-refractivity contribution in [3.63, 3.8) is 0 Å². The largest absolute Gasteiger partial charge is 0.478 e. The van der Waals surface area contributed by atoms with E-state index in [1.165, 1.54) is 18.0 Å². The van der Waals surface area contributed by atoms with Gasteiger partial charge in [-0.3, -0.25) is 9.78 Å². The second kappa shape index (κ2) is 15.9. The number of rotatable bonds is 11. The molecule has 0 saturated carbocycles. The minimum atomic E-state index is -0.963. The molecule has 3 N–H and O–H groups in total. The molecule has 2 heterocycles. The monoisotopic (exact) mass is 711 g/mol. The molecule has 262 valence electrons. The summed E-state index contributed by atoms with van der Waals surface area (Å²) in [6, 6.07) is 38.3. The van der Waals surface area contributed by atoms with Crippen LogP contribution in [0.25, 0.3) is 22.2 Å². The van der Waals surface area contributed by atoms with E-state index in [1.807, 2.05) is 109 Å². The average Bonchev–Trinajstić information content (AvgIpc) is 3.19. The number of amides is 1. The Hall–Kier alpha value is -5.39. The Morgan fingerprint density at radius 1 is 0.788 bits per heavy atom. The lowest BCUT2D eigenvalue weighted by atomic mass is 9.91. The number of thioether (sulfide) groups is 1. The number of carbonyl (C=O) groups is 2. The second-order valence-corrected chi connectivity index (χ2v) is 13.7. The lowest BCUT2D eigenvalue weighted by molar-refractivity contribution is -0.268. The summed E-state index contributed by atoms with van der Waals surface area (Å²) in [5.74, 6) is -0.766. The van der Waals surface area contributed by atoms with Crippen LogP contribution < -0.4 is 5.32 Å². The number of aromatic carboxylic acids is 1. The third-order valence-corrected chi connectivity index (χ3v) is 10.4. The zero-order chi connectivity index (χ0) is 36.0. The fourth-order valence-electron chi connectivity index (χ4n) is 6.28. The third kappa shape index (κ3) is 7.90. The van der Waals surface area contributed by atoms with Crippen LogP contribution in [0.15, 0.2) is 132 Å². The fraction of sp³-hybridized carbons (Fsp3) is 0.190. The van der Waals surface area contributed by atoms with Gasteiger partial charge in [0.1, 0.15) is 5.69 Å². The van der Waals surface area contributed by atoms with Crippen molar-refractivity contribution in [1.29, 1.82) is 0 Å². The van der Waals surface area contributed by atoms with Crippen molar-refractivity contribution in [2.75, 3.05) is 5.75 Å². The minimum absolute atomic E-state index is 0.0419. The summed E-state index contributed by atoms with van der Waals surface area (Å²) in [6.07, 6.45) is 0.289. The molecule has 10 heteroatoms. The van der Waals surface area contributed by atoms with Crippen molar-refractivity contribution >= 4 is 34.7 Å². The van der Waals surface area contributed by atoms with E-state index in [-0.39, 0.29) is 41.9 Å². The highest BCUT2D eigenvalue weighted by Gasteiger charge is 2.38. The molecule has 1 aliphatic heterocycles. The van der Waals surface area contributed by atoms with Gasteiger partial charge in [0, 0.05) is 28.7 Å². The molecule has 5 aromatic carbocycles. The summed E-state index contributed by atoms with van der Waals surface area (Å²) < 4.78 is 13.2. The normalized spacial score (nSPS) is 18.6. The van der Waals surface area contributed by atoms with Crippen LogP contribution in [0.5, 0.6) is 0 Å². The number of hydrogen-bond donors (Lipinski definition) is 3. The number of nitrogens with one attached hydrogen (secondary N) is 1. The number of carboxylic acid groups (broad SMARTS) is 1. The number of aliphatic hydroxyl groups is 1. The number of nitrogens with zero attached hydrogens (tertiary/aromatic N) is 2. The number of ether oxygens (including phenoxy) is 2. The van der Waals surface area contributed by atoms with E-state index < -0.39 is 12.3 Å². The van der Waals surface area contributed by atoms with Crippen molar-refractivity contribution < 1.29 is 29.3 Å². The molecule has 9 nitrogen and oxygen atoms in total. The van der Waals surface area contributed by atoms with Gasteiger partial charge in [-0.15, -0.1) is 11.8 Å². The Morgan fingerprint density at radius 2 is 1.52 bits per heavy atom. The molecule has 1 amide bonds. The number of carbonyl (C=O) groups excluding carboxylic acids is 1. The van der Waals surface area contributed by atoms with E-state index in [1.54, 1.807) is 12.1 Å². The summed E-state index contributed by atoms with van der Waals surface area (Å²) in [7, 11) is 0. The first kappa shape index (κ1) is 35.0. The number of carboxylic acids is 1. The van der Waals surface area contributed by atoms with Gasteiger partial charge in [0.15, 0.2) is 6.29 Å². The highest BCUT2D eigenvalue weighted by atomic mass is 32.2. The summed E-state index contributed by atoms with van der Waals surface area (Å²) in [5, 5.41) is 22.3. The van der Waals surface area contributed by atoms with Crippen LogP contribution in [-0.2, 0) is 22.6 Å². The topological polar surface area (TPSA) is 131 Å². The standard InChI is InChI=1S/C42H37N3O6S/c1-26-37(25-52-38-12-5-2-9-33(38)41(48)49)50-42(51-39(26)30-15-13-27(24-46)14-16-30)31-19-17-29(18-20-31)32-8-6-7-28(21-32)22-44-40(47)36-23-43-34-10-3-4-11-35(34)45-36/h2-21,23,26,37,39,42,46H,22,24-25H2,1H3,(H,44,47)(H,48,49)/t26-,37+,39+,42+/m1/s1. The average molecular weight is 712 g/mol. The van der Waals surface area contributed by atoms with Crippen molar-refractivity contribution in [1.82, 2.24) is 15.3 Å². The van der Waals surface area contributed by atoms with Crippen LogP contribution in [0.3, 0.4) is 0 Å².